The van der Waals surface area contributed by atoms with Crippen molar-refractivity contribution < 1.29 is 5.11 Å². The third kappa shape index (κ3) is 2.51. The van der Waals surface area contributed by atoms with Crippen LogP contribution in [0.4, 0.5) is 0 Å². The Morgan fingerprint density at radius 3 is 1.73 bits per heavy atom. The lowest BCUT2D eigenvalue weighted by Gasteiger charge is -2.32. The van der Waals surface area contributed by atoms with E-state index in [4.69, 9.17) is 0 Å². The monoisotopic (exact) mass is 154 g/mol. The van der Waals surface area contributed by atoms with Gasteiger partial charge in [-0.1, -0.05) is 26.5 Å². The van der Waals surface area contributed by atoms with Gasteiger partial charge in [0, 0.05) is 5.41 Å². The Bertz CT molecular complexity index is 170. The van der Waals surface area contributed by atoms with Crippen molar-refractivity contribution in [3.63, 3.8) is 0 Å². The van der Waals surface area contributed by atoms with Crippen LogP contribution in [0.3, 0.4) is 0 Å². The second-order valence-electron chi connectivity index (χ2n) is 3.96. The lowest BCUT2D eigenvalue weighted by Crippen LogP contribution is -2.30. The molecule has 11 heavy (non-hydrogen) atoms. The molecule has 0 aliphatic heterocycles. The molecule has 0 atom stereocenters. The van der Waals surface area contributed by atoms with Gasteiger partial charge in [0.2, 0.25) is 0 Å². The van der Waals surface area contributed by atoms with Crippen molar-refractivity contribution >= 4 is 0 Å². The van der Waals surface area contributed by atoms with Gasteiger partial charge in [-0.3, -0.25) is 0 Å². The van der Waals surface area contributed by atoms with Crippen LogP contribution in [-0.4, -0.2) is 10.7 Å². The fraction of sp³-hybridized carbons (Fsp3) is 0.600. The van der Waals surface area contributed by atoms with Crippen LogP contribution in [0.2, 0.25) is 0 Å². The summed E-state index contributed by atoms with van der Waals surface area (Å²) in [6.45, 7) is 15.0. The second kappa shape index (κ2) is 2.82. The molecule has 1 nitrogen and oxygen atoms in total. The molecule has 0 fully saturated rings. The summed E-state index contributed by atoms with van der Waals surface area (Å²) in [6, 6.07) is 0. The highest BCUT2D eigenvalue weighted by molar-refractivity contribution is 5.22. The number of rotatable bonds is 3. The van der Waals surface area contributed by atoms with Crippen molar-refractivity contribution in [3.05, 3.63) is 24.8 Å². The van der Waals surface area contributed by atoms with Crippen molar-refractivity contribution in [2.75, 3.05) is 0 Å². The van der Waals surface area contributed by atoms with E-state index < -0.39 is 5.60 Å². The van der Waals surface area contributed by atoms with Crippen LogP contribution in [0.15, 0.2) is 24.8 Å². The lowest BCUT2D eigenvalue weighted by atomic mass is 9.77. The van der Waals surface area contributed by atoms with Crippen LogP contribution in [-0.2, 0) is 0 Å². The molecule has 0 aromatic carbocycles. The third-order valence-corrected chi connectivity index (χ3v) is 2.03. The molecule has 0 spiro atoms. The van der Waals surface area contributed by atoms with Crippen LogP contribution in [0.5, 0.6) is 0 Å². The summed E-state index contributed by atoms with van der Waals surface area (Å²) < 4.78 is 0. The van der Waals surface area contributed by atoms with Crippen molar-refractivity contribution in [1.82, 2.24) is 0 Å². The molecule has 1 N–H and O–H groups in total. The number of hydrogen-bond donors (Lipinski definition) is 1. The van der Waals surface area contributed by atoms with Crippen LogP contribution in [0, 0.1) is 5.41 Å². The average Bonchev–Trinajstić information content (AvgIpc) is 1.84. The maximum Gasteiger partial charge on any atom is 0.0806 e. The molecule has 64 valence electrons. The summed E-state index contributed by atoms with van der Waals surface area (Å²) in [4.78, 5) is 0. The highest BCUT2D eigenvalue weighted by Gasteiger charge is 2.28. The molecule has 0 unspecified atom stereocenters. The lowest BCUT2D eigenvalue weighted by molar-refractivity contribution is 0.103. The van der Waals surface area contributed by atoms with Crippen molar-refractivity contribution in [2.45, 2.75) is 33.3 Å². The predicted octanol–water partition coefficient (Wildman–Crippen LogP) is 2.53. The second-order valence-corrected chi connectivity index (χ2v) is 3.96. The van der Waals surface area contributed by atoms with Gasteiger partial charge in [-0.25, -0.2) is 0 Å². The highest BCUT2D eigenvalue weighted by atomic mass is 16.3. The van der Waals surface area contributed by atoms with Crippen molar-refractivity contribution in [2.24, 2.45) is 5.41 Å². The fourth-order valence-electron chi connectivity index (χ4n) is 0.912. The number of aliphatic hydroxyl groups is 1. The first kappa shape index (κ1) is 10.4. The summed E-state index contributed by atoms with van der Waals surface area (Å²) in [5, 5.41) is 9.61. The molecule has 0 aliphatic carbocycles. The zero-order valence-corrected chi connectivity index (χ0v) is 7.94. The molecule has 0 aromatic heterocycles. The summed E-state index contributed by atoms with van der Waals surface area (Å²) in [5.41, 5.74) is -0.226. The SMILES string of the molecule is C=CC(C)(C)C(=C)C(C)(C)O. The van der Waals surface area contributed by atoms with E-state index in [2.05, 4.69) is 13.2 Å². The minimum atomic E-state index is -0.822. The van der Waals surface area contributed by atoms with Gasteiger partial charge in [0.25, 0.3) is 0 Å². The first-order valence-electron chi connectivity index (χ1n) is 3.77. The molecule has 0 aromatic rings. The van der Waals surface area contributed by atoms with Crippen LogP contribution in [0.1, 0.15) is 27.7 Å². The van der Waals surface area contributed by atoms with E-state index in [1.807, 2.05) is 13.8 Å². The molecule has 1 heteroatoms. The highest BCUT2D eigenvalue weighted by Crippen LogP contribution is 2.33. The van der Waals surface area contributed by atoms with E-state index in [9.17, 15) is 5.11 Å². The van der Waals surface area contributed by atoms with E-state index in [1.54, 1.807) is 19.9 Å². The van der Waals surface area contributed by atoms with Crippen LogP contribution < -0.4 is 0 Å². The largest absolute Gasteiger partial charge is 0.386 e. The standard InChI is InChI=1S/C10H18O/c1-7-9(3,4)8(2)10(5,6)11/h7,11H,1-2H2,3-6H3. The normalized spacial score (nSPS) is 12.8. The molecule has 0 saturated heterocycles. The first-order chi connectivity index (χ1) is 4.72. The van der Waals surface area contributed by atoms with Crippen molar-refractivity contribution in [3.8, 4) is 0 Å². The van der Waals surface area contributed by atoms with Gasteiger partial charge in [0.05, 0.1) is 5.60 Å². The molecule has 0 saturated carbocycles. The Morgan fingerprint density at radius 2 is 1.64 bits per heavy atom. The Kier molecular flexibility index (Phi) is 2.68. The van der Waals surface area contributed by atoms with Crippen LogP contribution in [0.25, 0.3) is 0 Å². The van der Waals surface area contributed by atoms with E-state index in [1.165, 1.54) is 0 Å². The Hall–Kier alpha value is -0.560. The molecular formula is C10H18O. The molecule has 0 radical (unpaired) electrons. The minimum Gasteiger partial charge on any atom is -0.386 e. The Morgan fingerprint density at radius 1 is 1.27 bits per heavy atom. The fourth-order valence-corrected chi connectivity index (χ4v) is 0.912. The number of allylic oxidation sites excluding steroid dienone is 1. The van der Waals surface area contributed by atoms with Gasteiger partial charge in [-0.15, -0.1) is 6.58 Å². The van der Waals surface area contributed by atoms with Gasteiger partial charge in [-0.2, -0.15) is 0 Å². The van der Waals surface area contributed by atoms with E-state index in [-0.39, 0.29) is 5.41 Å². The van der Waals surface area contributed by atoms with E-state index in [0.717, 1.165) is 5.57 Å². The molecule has 0 amide bonds. The topological polar surface area (TPSA) is 20.2 Å². The minimum absolute atomic E-state index is 0.196. The van der Waals surface area contributed by atoms with Crippen LogP contribution >= 0.6 is 0 Å². The van der Waals surface area contributed by atoms with Gasteiger partial charge in [-0.05, 0) is 19.4 Å². The van der Waals surface area contributed by atoms with E-state index in [0.29, 0.717) is 0 Å². The zero-order chi connectivity index (χ0) is 9.28. The summed E-state index contributed by atoms with van der Waals surface area (Å²) in [7, 11) is 0. The Balaban J connectivity index is 4.63. The van der Waals surface area contributed by atoms with Gasteiger partial charge < -0.3 is 5.11 Å². The maximum atomic E-state index is 9.61. The van der Waals surface area contributed by atoms with Gasteiger partial charge >= 0.3 is 0 Å². The average molecular weight is 154 g/mol. The molecule has 0 bridgehead atoms. The smallest absolute Gasteiger partial charge is 0.0806 e. The quantitative estimate of drug-likeness (QED) is 0.619. The number of hydrogen-bond acceptors (Lipinski definition) is 1. The zero-order valence-electron chi connectivity index (χ0n) is 7.94. The third-order valence-electron chi connectivity index (χ3n) is 2.03. The summed E-state index contributed by atoms with van der Waals surface area (Å²) in [5.74, 6) is 0. The molecular weight excluding hydrogens is 136 g/mol. The first-order valence-corrected chi connectivity index (χ1v) is 3.77. The molecule has 0 heterocycles. The van der Waals surface area contributed by atoms with E-state index >= 15 is 0 Å². The molecule has 0 aliphatic rings. The predicted molar refractivity (Wildman–Crippen MR) is 49.4 cm³/mol. The molecule has 0 rings (SSSR count). The maximum absolute atomic E-state index is 9.61. The summed E-state index contributed by atoms with van der Waals surface area (Å²) in [6.07, 6.45) is 1.80. The summed E-state index contributed by atoms with van der Waals surface area (Å²) >= 11 is 0. The van der Waals surface area contributed by atoms with Gasteiger partial charge in [0.1, 0.15) is 0 Å². The Labute approximate surface area is 69.4 Å². The van der Waals surface area contributed by atoms with Crippen molar-refractivity contribution in [1.29, 1.82) is 0 Å². The van der Waals surface area contributed by atoms with Gasteiger partial charge in [0.15, 0.2) is 0 Å².